The smallest absolute Gasteiger partial charge is 0.261 e. The molecule has 2 atom stereocenters. The molecule has 3 aliphatic rings. The lowest BCUT2D eigenvalue weighted by molar-refractivity contribution is -0.134. The Morgan fingerprint density at radius 2 is 1.28 bits per heavy atom. The summed E-state index contributed by atoms with van der Waals surface area (Å²) in [6.45, 7) is 35.1. The zero-order chi connectivity index (χ0) is 61.5. The number of rotatable bonds is 19. The number of piperidine rings is 1. The van der Waals surface area contributed by atoms with Crippen LogP contribution >= 0.6 is 0 Å². The molecule has 5 amide bonds. The quantitative estimate of drug-likeness (QED) is 0.0704. The predicted octanol–water partition coefficient (Wildman–Crippen LogP) is 9.90. The second kappa shape index (κ2) is 33.1. The molecule has 17 heteroatoms. The minimum atomic E-state index is -0.482. The number of aromatic hydroxyl groups is 1. The van der Waals surface area contributed by atoms with Crippen LogP contribution in [0.3, 0.4) is 0 Å². The number of fused-ring (bicyclic) bond motifs is 1. The number of carbonyl (C=O) groups is 8. The summed E-state index contributed by atoms with van der Waals surface area (Å²) in [6.07, 6.45) is 12.8. The Morgan fingerprint density at radius 3 is 1.81 bits per heavy atom. The van der Waals surface area contributed by atoms with E-state index < -0.39 is 11.5 Å². The van der Waals surface area contributed by atoms with Gasteiger partial charge in [0.1, 0.15) is 17.3 Å². The molecule has 4 heterocycles. The van der Waals surface area contributed by atoms with Crippen LogP contribution in [0, 0.1) is 23.2 Å². The SMILES string of the molecule is CC(C)(C)C(=O)C(N)Cc1ccc(O)cc1.CC(C)(C)C(=O)CCCN1CCCCC1=O.CC(C)(C)NC(=O)CCN1CCCC1=O.CC(C)NC(C)Cc1cnc[nH]1.Cc1ccc2c(c1)C(=O)N(CCCC(=O)CC(C)(C)C)C2=O. The van der Waals surface area contributed by atoms with Crippen molar-refractivity contribution >= 4 is 46.9 Å². The Kier molecular flexibility index (Phi) is 29.1. The summed E-state index contributed by atoms with van der Waals surface area (Å²) >= 11 is 0. The van der Waals surface area contributed by atoms with Crippen LogP contribution in [0.4, 0.5) is 0 Å². The van der Waals surface area contributed by atoms with Gasteiger partial charge in [-0.05, 0) is 108 Å². The standard InChI is InChI=1S/C18H23NO3.C13H19NO2.C13H23NO2.C11H20N2O2.C9H17N3/c1-12-7-8-14-15(10-12)17(22)19(16(14)21)9-5-6-13(20)11-18(2,3)4;1-13(2,3)12(16)11(14)8-9-4-6-10(15)7-5-9;1-13(2,3)11(15)7-6-10-14-9-5-4-8-12(14)16;1-11(2,3)12-9(14)6-8-13-7-4-5-10(13)15;1-7(2)12-8(3)4-9-5-10-6-11-9/h7-8,10H,5-6,9,11H2,1-4H3;4-7,11,15H,8,14H2,1-3H3;4-10H2,1-3H3;4-8H2,1-3H3,(H,12,14);5-8,12H,4H2,1-3H3,(H,10,11). The number of phenolic OH excluding ortho intramolecular Hbond substituents is 1. The van der Waals surface area contributed by atoms with Crippen molar-refractivity contribution in [1.29, 1.82) is 0 Å². The molecule has 81 heavy (non-hydrogen) atoms. The van der Waals surface area contributed by atoms with E-state index in [0.29, 0.717) is 87.7 Å². The number of nitrogens with zero attached hydrogens (tertiary/aromatic N) is 4. The molecule has 0 radical (unpaired) electrons. The van der Waals surface area contributed by atoms with Gasteiger partial charge in [-0.15, -0.1) is 0 Å². The van der Waals surface area contributed by atoms with Gasteiger partial charge >= 0.3 is 0 Å². The molecule has 2 fully saturated rings. The van der Waals surface area contributed by atoms with Crippen LogP contribution in [0.25, 0.3) is 0 Å². The molecule has 0 saturated carbocycles. The molecule has 1 aromatic heterocycles. The highest BCUT2D eigenvalue weighted by molar-refractivity contribution is 6.21. The predicted molar refractivity (Wildman–Crippen MR) is 322 cm³/mol. The number of Topliss-reactive ketones (excluding diaryl/α,β-unsaturated/α-hetero) is 3. The number of aromatic nitrogens is 2. The first-order valence-corrected chi connectivity index (χ1v) is 29.2. The molecule has 2 unspecified atom stereocenters. The molecule has 3 aromatic rings. The van der Waals surface area contributed by atoms with E-state index in [1.54, 1.807) is 47.6 Å². The topological polar surface area (TPSA) is 245 Å². The summed E-state index contributed by atoms with van der Waals surface area (Å²) in [4.78, 5) is 106. The highest BCUT2D eigenvalue weighted by Gasteiger charge is 2.35. The summed E-state index contributed by atoms with van der Waals surface area (Å²) in [6, 6.07) is 12.6. The minimum absolute atomic E-state index is 0.0159. The van der Waals surface area contributed by atoms with Crippen LogP contribution in [-0.4, -0.2) is 133 Å². The number of carbonyl (C=O) groups excluding carboxylic acids is 8. The van der Waals surface area contributed by atoms with Crippen molar-refractivity contribution < 1.29 is 43.5 Å². The number of hydrogen-bond acceptors (Lipinski definition) is 12. The number of imidazole rings is 1. The van der Waals surface area contributed by atoms with Crippen molar-refractivity contribution in [3.63, 3.8) is 0 Å². The maximum absolute atomic E-state index is 12.3. The number of imide groups is 1. The molecule has 0 spiro atoms. The van der Waals surface area contributed by atoms with Crippen molar-refractivity contribution in [1.82, 2.24) is 35.3 Å². The normalized spacial score (nSPS) is 15.3. The van der Waals surface area contributed by atoms with Crippen molar-refractivity contribution in [3.05, 3.63) is 82.9 Å². The fraction of sp³-hybridized carbons (Fsp3) is 0.641. The molecule has 6 rings (SSSR count). The lowest BCUT2D eigenvalue weighted by Gasteiger charge is -2.27. The third kappa shape index (κ3) is 28.5. The van der Waals surface area contributed by atoms with Crippen LogP contribution in [0.5, 0.6) is 5.75 Å². The van der Waals surface area contributed by atoms with Gasteiger partial charge in [-0.2, -0.15) is 0 Å². The summed E-state index contributed by atoms with van der Waals surface area (Å²) in [5.74, 6) is 0.711. The number of aromatic amines is 1. The molecule has 17 nitrogen and oxygen atoms in total. The lowest BCUT2D eigenvalue weighted by Crippen LogP contribution is -2.42. The number of hydrogen-bond donors (Lipinski definition) is 5. The Hall–Kier alpha value is -6.07. The number of amides is 5. The molecule has 2 aromatic carbocycles. The van der Waals surface area contributed by atoms with Gasteiger partial charge in [0.2, 0.25) is 17.7 Å². The van der Waals surface area contributed by atoms with Crippen LogP contribution < -0.4 is 16.4 Å². The average molecular weight is 1130 g/mol. The molecule has 6 N–H and O–H groups in total. The Balaban J connectivity index is 0.000000351. The van der Waals surface area contributed by atoms with E-state index in [-0.39, 0.29) is 69.0 Å². The largest absolute Gasteiger partial charge is 0.508 e. The first-order chi connectivity index (χ1) is 37.5. The number of phenols is 1. The van der Waals surface area contributed by atoms with Crippen LogP contribution in [0.2, 0.25) is 0 Å². The van der Waals surface area contributed by atoms with E-state index in [4.69, 9.17) is 10.8 Å². The maximum Gasteiger partial charge on any atom is 0.261 e. The first-order valence-electron chi connectivity index (χ1n) is 29.2. The van der Waals surface area contributed by atoms with Gasteiger partial charge in [0.25, 0.3) is 11.8 Å². The summed E-state index contributed by atoms with van der Waals surface area (Å²) in [5.41, 5.74) is 9.06. The molecule has 452 valence electrons. The third-order valence-corrected chi connectivity index (χ3v) is 13.2. The molecule has 0 bridgehead atoms. The van der Waals surface area contributed by atoms with Crippen molar-refractivity contribution in [3.8, 4) is 5.75 Å². The van der Waals surface area contributed by atoms with E-state index in [2.05, 4.69) is 41.4 Å². The van der Waals surface area contributed by atoms with Crippen LogP contribution in [0.1, 0.15) is 212 Å². The maximum atomic E-state index is 12.3. The van der Waals surface area contributed by atoms with Crippen molar-refractivity contribution in [2.24, 2.45) is 22.0 Å². The van der Waals surface area contributed by atoms with E-state index >= 15 is 0 Å². The van der Waals surface area contributed by atoms with Gasteiger partial charge < -0.3 is 36.3 Å². The number of likely N-dealkylation sites (tertiary alicyclic amines) is 2. The number of nitrogens with one attached hydrogen (secondary N) is 3. The van der Waals surface area contributed by atoms with Gasteiger partial charge in [-0.25, -0.2) is 4.98 Å². The lowest BCUT2D eigenvalue weighted by atomic mass is 9.85. The fourth-order valence-corrected chi connectivity index (χ4v) is 9.17. The number of benzene rings is 2. The number of aryl methyl sites for hydroxylation is 1. The molecular weight excluding hydrogens is 1020 g/mol. The van der Waals surface area contributed by atoms with E-state index in [0.717, 1.165) is 62.9 Å². The third-order valence-electron chi connectivity index (χ3n) is 13.2. The number of H-pyrrole nitrogens is 1. The molecule has 0 aliphatic carbocycles. The van der Waals surface area contributed by atoms with E-state index in [9.17, 15) is 38.4 Å². The van der Waals surface area contributed by atoms with Gasteiger partial charge in [-0.1, -0.05) is 99.9 Å². The second-order valence-corrected chi connectivity index (χ2v) is 26.4. The van der Waals surface area contributed by atoms with Crippen molar-refractivity contribution in [2.45, 2.75) is 218 Å². The van der Waals surface area contributed by atoms with Crippen LogP contribution in [0.15, 0.2) is 55.0 Å². The summed E-state index contributed by atoms with van der Waals surface area (Å²) in [7, 11) is 0. The van der Waals surface area contributed by atoms with E-state index in [1.165, 1.54) is 10.6 Å². The second-order valence-electron chi connectivity index (χ2n) is 26.4. The van der Waals surface area contributed by atoms with Crippen LogP contribution in [-0.2, 0) is 41.6 Å². The summed E-state index contributed by atoms with van der Waals surface area (Å²) in [5, 5.41) is 15.4. The van der Waals surface area contributed by atoms with Gasteiger partial charge in [0, 0.05) is 118 Å². The number of nitrogens with two attached hydrogens (primary N) is 1. The monoisotopic (exact) mass is 1130 g/mol. The first kappa shape index (κ1) is 71.0. The summed E-state index contributed by atoms with van der Waals surface area (Å²) < 4.78 is 0. The average Bonchev–Trinajstić information content (AvgIpc) is 4.07. The Labute approximate surface area is 485 Å². The molecule has 2 saturated heterocycles. The molecular formula is C64H102N8O9. The van der Waals surface area contributed by atoms with E-state index in [1.807, 2.05) is 107 Å². The fourth-order valence-electron chi connectivity index (χ4n) is 9.17. The minimum Gasteiger partial charge on any atom is -0.508 e. The van der Waals surface area contributed by atoms with Gasteiger partial charge in [-0.3, -0.25) is 43.3 Å². The Bertz CT molecular complexity index is 2490. The van der Waals surface area contributed by atoms with Crippen molar-refractivity contribution in [2.75, 3.05) is 32.7 Å². The zero-order valence-electron chi connectivity index (χ0n) is 52.2. The molecule has 3 aliphatic heterocycles. The van der Waals surface area contributed by atoms with Gasteiger partial charge in [0.05, 0.1) is 23.5 Å². The Morgan fingerprint density at radius 1 is 0.704 bits per heavy atom. The number of ketones is 3. The highest BCUT2D eigenvalue weighted by Crippen LogP contribution is 2.26. The van der Waals surface area contributed by atoms with Gasteiger partial charge in [0.15, 0.2) is 5.78 Å². The highest BCUT2D eigenvalue weighted by atomic mass is 16.3. The zero-order valence-corrected chi connectivity index (χ0v) is 52.2.